The number of carboxylic acid groups (broad SMARTS) is 1. The summed E-state index contributed by atoms with van der Waals surface area (Å²) in [6.07, 6.45) is 3.53. The van der Waals surface area contributed by atoms with Gasteiger partial charge in [-0.1, -0.05) is 5.16 Å². The number of ether oxygens (including phenoxy) is 1. The molecule has 2 aromatic rings. The lowest BCUT2D eigenvalue weighted by molar-refractivity contribution is 0.0695. The van der Waals surface area contributed by atoms with Crippen LogP contribution in [-0.4, -0.2) is 54.7 Å². The molecular weight excluding hydrogens is 395 g/mol. The van der Waals surface area contributed by atoms with E-state index in [1.807, 2.05) is 0 Å². The summed E-state index contributed by atoms with van der Waals surface area (Å²) in [6, 6.07) is 0.841. The van der Waals surface area contributed by atoms with Crippen molar-refractivity contribution in [1.29, 1.82) is 0 Å². The maximum atomic E-state index is 15.3. The fourth-order valence-electron chi connectivity index (χ4n) is 4.09. The predicted octanol–water partition coefficient (Wildman–Crippen LogP) is 1.72. The molecule has 1 atom stereocenters. The van der Waals surface area contributed by atoms with Crippen LogP contribution in [0.1, 0.15) is 35.7 Å². The number of anilines is 1. The van der Waals surface area contributed by atoms with Crippen molar-refractivity contribution < 1.29 is 23.9 Å². The smallest absolute Gasteiger partial charge is 0.341 e. The molecule has 30 heavy (non-hydrogen) atoms. The fourth-order valence-corrected chi connectivity index (χ4v) is 4.09. The number of benzene rings is 1. The zero-order chi connectivity index (χ0) is 21.6. The number of aromatic carboxylic acids is 1. The zero-order valence-corrected chi connectivity index (χ0v) is 16.7. The lowest BCUT2D eigenvalue weighted by Crippen LogP contribution is -2.48. The zero-order valence-electron chi connectivity index (χ0n) is 16.7. The molecule has 1 aliphatic carbocycles. The van der Waals surface area contributed by atoms with E-state index >= 15 is 4.39 Å². The summed E-state index contributed by atoms with van der Waals surface area (Å²) in [7, 11) is 2.83. The molecule has 0 amide bonds. The maximum absolute atomic E-state index is 15.3. The van der Waals surface area contributed by atoms with Crippen LogP contribution in [0.15, 0.2) is 22.2 Å². The average molecular weight is 418 g/mol. The molecule has 4 rings (SSSR count). The molecule has 10 heteroatoms. The normalized spacial score (nSPS) is 20.6. The van der Waals surface area contributed by atoms with Crippen molar-refractivity contribution in [2.24, 2.45) is 10.9 Å². The summed E-state index contributed by atoms with van der Waals surface area (Å²) in [5.41, 5.74) is 6.23. The number of carbonyl (C=O) groups is 1. The van der Waals surface area contributed by atoms with Crippen LogP contribution >= 0.6 is 0 Å². The van der Waals surface area contributed by atoms with E-state index in [0.717, 1.165) is 18.9 Å². The Balaban J connectivity index is 1.98. The fraction of sp³-hybridized carbons (Fsp3) is 0.450. The summed E-state index contributed by atoms with van der Waals surface area (Å²) in [6.45, 7) is 0.656. The molecule has 1 saturated carbocycles. The number of methoxy groups -OCH3 is 1. The van der Waals surface area contributed by atoms with Gasteiger partial charge in [0.05, 0.1) is 30.3 Å². The lowest BCUT2D eigenvalue weighted by atomic mass is 10.0. The molecule has 160 valence electrons. The molecule has 1 aromatic carbocycles. The first kappa shape index (κ1) is 20.1. The number of rotatable bonds is 5. The predicted molar refractivity (Wildman–Crippen MR) is 109 cm³/mol. The molecule has 1 aromatic heterocycles. The summed E-state index contributed by atoms with van der Waals surface area (Å²) < 4.78 is 22.6. The van der Waals surface area contributed by atoms with Crippen molar-refractivity contribution in [3.63, 3.8) is 0 Å². The summed E-state index contributed by atoms with van der Waals surface area (Å²) in [5.74, 6) is -1.86. The first-order valence-electron chi connectivity index (χ1n) is 9.63. The van der Waals surface area contributed by atoms with Crippen LogP contribution < -0.4 is 20.8 Å². The van der Waals surface area contributed by atoms with Crippen LogP contribution in [0.4, 0.5) is 10.1 Å². The highest BCUT2D eigenvalue weighted by molar-refractivity contribution is 5.98. The van der Waals surface area contributed by atoms with Gasteiger partial charge in [0.2, 0.25) is 5.43 Å². The van der Waals surface area contributed by atoms with E-state index in [2.05, 4.69) is 5.16 Å². The van der Waals surface area contributed by atoms with Crippen LogP contribution in [0.2, 0.25) is 0 Å². The van der Waals surface area contributed by atoms with E-state index in [-0.39, 0.29) is 28.9 Å². The standard InChI is InChI=1S/C20H23FN4O5/c1-29-19-16-13(18(26)14(20(27)28)9-25(16)12-3-4-12)6-15(21)17(19)24-7-10(22)5-11(8-24)23-30-2/h6,9-10,12H,3-5,7-8,22H2,1-2H3,(H,27,28)/b23-11+. The monoisotopic (exact) mass is 418 g/mol. The van der Waals surface area contributed by atoms with Crippen molar-refractivity contribution in [1.82, 2.24) is 4.57 Å². The highest BCUT2D eigenvalue weighted by atomic mass is 19.1. The Morgan fingerprint density at radius 2 is 2.10 bits per heavy atom. The van der Waals surface area contributed by atoms with Gasteiger partial charge in [0, 0.05) is 31.2 Å². The first-order chi connectivity index (χ1) is 14.3. The Hall–Kier alpha value is -3.14. The molecule has 0 bridgehead atoms. The Morgan fingerprint density at radius 3 is 2.70 bits per heavy atom. The number of pyridine rings is 1. The van der Waals surface area contributed by atoms with Crippen LogP contribution in [0, 0.1) is 5.82 Å². The van der Waals surface area contributed by atoms with Crippen LogP contribution in [0.3, 0.4) is 0 Å². The third-order valence-corrected chi connectivity index (χ3v) is 5.44. The van der Waals surface area contributed by atoms with Gasteiger partial charge in [-0.15, -0.1) is 0 Å². The van der Waals surface area contributed by atoms with Gasteiger partial charge in [-0.25, -0.2) is 9.18 Å². The molecule has 0 radical (unpaired) electrons. The van der Waals surface area contributed by atoms with Crippen LogP contribution in [0.25, 0.3) is 10.9 Å². The van der Waals surface area contributed by atoms with Gasteiger partial charge in [0.25, 0.3) is 0 Å². The second kappa shape index (κ2) is 7.60. The Bertz CT molecular complexity index is 1110. The van der Waals surface area contributed by atoms with Gasteiger partial charge in [-0.05, 0) is 18.9 Å². The van der Waals surface area contributed by atoms with E-state index in [1.165, 1.54) is 20.4 Å². The minimum atomic E-state index is -1.35. The molecule has 1 saturated heterocycles. The third-order valence-electron chi connectivity index (χ3n) is 5.44. The summed E-state index contributed by atoms with van der Waals surface area (Å²) in [4.78, 5) is 30.9. The van der Waals surface area contributed by atoms with Crippen LogP contribution in [0.5, 0.6) is 5.75 Å². The molecule has 3 N–H and O–H groups in total. The number of hydrogen-bond donors (Lipinski definition) is 2. The minimum Gasteiger partial charge on any atom is -0.492 e. The summed E-state index contributed by atoms with van der Waals surface area (Å²) >= 11 is 0. The van der Waals surface area contributed by atoms with Crippen molar-refractivity contribution >= 4 is 28.3 Å². The lowest BCUT2D eigenvalue weighted by Gasteiger charge is -2.34. The van der Waals surface area contributed by atoms with Gasteiger partial charge < -0.3 is 29.9 Å². The van der Waals surface area contributed by atoms with Gasteiger partial charge in [0.15, 0.2) is 11.6 Å². The Labute approximate surface area is 171 Å². The second-order valence-corrected chi connectivity index (χ2v) is 7.64. The number of hydrogen-bond acceptors (Lipinski definition) is 7. The maximum Gasteiger partial charge on any atom is 0.341 e. The number of nitrogens with two attached hydrogens (primary N) is 1. The largest absolute Gasteiger partial charge is 0.492 e. The van der Waals surface area contributed by atoms with Crippen molar-refractivity contribution in [3.8, 4) is 5.75 Å². The number of halogens is 1. The van der Waals surface area contributed by atoms with Crippen LogP contribution in [-0.2, 0) is 4.84 Å². The Morgan fingerprint density at radius 1 is 1.37 bits per heavy atom. The molecule has 2 fully saturated rings. The van der Waals surface area contributed by atoms with E-state index < -0.39 is 22.8 Å². The molecule has 9 nitrogen and oxygen atoms in total. The number of carboxylic acids is 1. The highest BCUT2D eigenvalue weighted by Crippen LogP contribution is 2.44. The average Bonchev–Trinajstić information content (AvgIpc) is 3.52. The first-order valence-corrected chi connectivity index (χ1v) is 9.63. The quantitative estimate of drug-likeness (QED) is 0.710. The molecule has 2 aliphatic rings. The highest BCUT2D eigenvalue weighted by Gasteiger charge is 2.33. The van der Waals surface area contributed by atoms with Crippen molar-refractivity contribution in [3.05, 3.63) is 33.9 Å². The Kier molecular flexibility index (Phi) is 5.10. The molecular formula is C20H23FN4O5. The van der Waals surface area contributed by atoms with Gasteiger partial charge >= 0.3 is 5.97 Å². The van der Waals surface area contributed by atoms with Gasteiger partial charge in [-0.3, -0.25) is 4.79 Å². The number of piperidine rings is 1. The molecule has 0 spiro atoms. The van der Waals surface area contributed by atoms with Gasteiger partial charge in [-0.2, -0.15) is 0 Å². The number of nitrogens with zero attached hydrogens (tertiary/aromatic N) is 3. The topological polar surface area (TPSA) is 119 Å². The van der Waals surface area contributed by atoms with E-state index in [4.69, 9.17) is 15.3 Å². The summed E-state index contributed by atoms with van der Waals surface area (Å²) in [5, 5.41) is 13.4. The minimum absolute atomic E-state index is 0.0213. The van der Waals surface area contributed by atoms with Gasteiger partial charge in [0.1, 0.15) is 18.4 Å². The van der Waals surface area contributed by atoms with Crippen molar-refractivity contribution in [2.45, 2.75) is 31.3 Å². The second-order valence-electron chi connectivity index (χ2n) is 7.64. The van der Waals surface area contributed by atoms with Crippen molar-refractivity contribution in [2.75, 3.05) is 32.2 Å². The number of fused-ring (bicyclic) bond motifs is 1. The molecule has 2 heterocycles. The van der Waals surface area contributed by atoms with E-state index in [1.54, 1.807) is 9.47 Å². The molecule has 1 aliphatic heterocycles. The third kappa shape index (κ3) is 3.36. The molecule has 1 unspecified atom stereocenters. The van der Waals surface area contributed by atoms with E-state index in [0.29, 0.717) is 30.7 Å². The number of oxime groups is 1. The number of aromatic nitrogens is 1. The van der Waals surface area contributed by atoms with E-state index in [9.17, 15) is 14.7 Å². The SMILES string of the molecule is CO/N=C1\CC(N)CN(c2c(F)cc3c(=O)c(C(=O)O)cn(C4CC4)c3c2OC)C1.